The normalized spacial score (nSPS) is 10.6. The second kappa shape index (κ2) is 4.37. The van der Waals surface area contributed by atoms with Crippen molar-refractivity contribution in [2.75, 3.05) is 10.6 Å². The Labute approximate surface area is 107 Å². The Bertz CT molecular complexity index is 716. The van der Waals surface area contributed by atoms with Crippen molar-refractivity contribution in [1.82, 2.24) is 30.2 Å². The Morgan fingerprint density at radius 2 is 2.26 bits per heavy atom. The van der Waals surface area contributed by atoms with Crippen molar-refractivity contribution in [3.8, 4) is 0 Å². The summed E-state index contributed by atoms with van der Waals surface area (Å²) in [4.78, 5) is 15.5. The van der Waals surface area contributed by atoms with Crippen LogP contribution in [0.5, 0.6) is 0 Å². The highest BCUT2D eigenvalue weighted by atomic mass is 16.2. The van der Waals surface area contributed by atoms with E-state index in [1.165, 1.54) is 6.33 Å². The summed E-state index contributed by atoms with van der Waals surface area (Å²) >= 11 is 0. The van der Waals surface area contributed by atoms with Crippen LogP contribution >= 0.6 is 0 Å². The van der Waals surface area contributed by atoms with E-state index in [1.54, 1.807) is 23.9 Å². The Balaban J connectivity index is 1.75. The van der Waals surface area contributed by atoms with Crippen LogP contribution < -0.4 is 10.6 Å². The quantitative estimate of drug-likeness (QED) is 0.627. The van der Waals surface area contributed by atoms with Crippen LogP contribution in [0.1, 0.15) is 0 Å². The highest BCUT2D eigenvalue weighted by Gasteiger charge is 2.06. The molecule has 0 bridgehead atoms. The molecule has 0 saturated carbocycles. The summed E-state index contributed by atoms with van der Waals surface area (Å²) in [6.45, 7) is 0. The van der Waals surface area contributed by atoms with Crippen molar-refractivity contribution in [3.63, 3.8) is 0 Å². The maximum Gasteiger partial charge on any atom is 0.326 e. The first-order valence-corrected chi connectivity index (χ1v) is 5.45. The third-order valence-corrected chi connectivity index (χ3v) is 2.52. The van der Waals surface area contributed by atoms with Crippen LogP contribution in [0.25, 0.3) is 11.0 Å². The summed E-state index contributed by atoms with van der Waals surface area (Å²) in [5.74, 6) is 0.276. The number of amides is 2. The number of benzene rings is 1. The smallest absolute Gasteiger partial charge is 0.308 e. The largest absolute Gasteiger partial charge is 0.326 e. The van der Waals surface area contributed by atoms with E-state index in [0.717, 1.165) is 5.52 Å². The monoisotopic (exact) mass is 258 g/mol. The van der Waals surface area contributed by atoms with E-state index in [9.17, 15) is 4.79 Å². The zero-order valence-corrected chi connectivity index (χ0v) is 9.95. The van der Waals surface area contributed by atoms with E-state index in [0.29, 0.717) is 11.2 Å². The van der Waals surface area contributed by atoms with Crippen LogP contribution in [0.15, 0.2) is 24.5 Å². The molecule has 2 heterocycles. The second-order valence-corrected chi connectivity index (χ2v) is 3.83. The highest BCUT2D eigenvalue weighted by molar-refractivity contribution is 5.99. The number of urea groups is 1. The SMILES string of the molecule is Cn1nnc2cc(NC(=O)Nc3ncn[nH]3)ccc21. The number of aromatic nitrogens is 6. The molecule has 96 valence electrons. The molecule has 9 nitrogen and oxygen atoms in total. The minimum absolute atomic E-state index is 0.276. The van der Waals surface area contributed by atoms with Gasteiger partial charge in [-0.15, -0.1) is 5.10 Å². The van der Waals surface area contributed by atoms with Crippen molar-refractivity contribution in [2.45, 2.75) is 0 Å². The number of H-pyrrole nitrogens is 1. The molecule has 2 amide bonds. The first-order valence-electron chi connectivity index (χ1n) is 5.45. The van der Waals surface area contributed by atoms with Gasteiger partial charge in [0.25, 0.3) is 0 Å². The number of rotatable bonds is 2. The summed E-state index contributed by atoms with van der Waals surface area (Å²) in [7, 11) is 1.80. The molecule has 9 heteroatoms. The van der Waals surface area contributed by atoms with Crippen molar-refractivity contribution < 1.29 is 4.79 Å². The van der Waals surface area contributed by atoms with Gasteiger partial charge in [-0.3, -0.25) is 5.32 Å². The van der Waals surface area contributed by atoms with Crippen molar-refractivity contribution in [2.24, 2.45) is 7.05 Å². The number of nitrogens with zero attached hydrogens (tertiary/aromatic N) is 5. The van der Waals surface area contributed by atoms with Gasteiger partial charge in [0.2, 0.25) is 5.95 Å². The van der Waals surface area contributed by atoms with E-state index in [1.807, 2.05) is 6.07 Å². The number of carbonyl (C=O) groups is 1. The summed E-state index contributed by atoms with van der Waals surface area (Å²) < 4.78 is 1.66. The molecule has 3 rings (SSSR count). The molecule has 1 aromatic carbocycles. The molecule has 3 N–H and O–H groups in total. The summed E-state index contributed by atoms with van der Waals surface area (Å²) in [6.07, 6.45) is 1.31. The molecular formula is C10H10N8O. The molecule has 0 fully saturated rings. The molecule has 0 radical (unpaired) electrons. The number of hydrogen-bond donors (Lipinski definition) is 3. The molecule has 0 aliphatic rings. The van der Waals surface area contributed by atoms with Crippen LogP contribution in [-0.4, -0.2) is 36.2 Å². The minimum atomic E-state index is -0.417. The fraction of sp³-hybridized carbons (Fsp3) is 0.100. The maximum atomic E-state index is 11.7. The van der Waals surface area contributed by atoms with Crippen LogP contribution in [0, 0.1) is 0 Å². The lowest BCUT2D eigenvalue weighted by Gasteiger charge is -2.04. The topological polar surface area (TPSA) is 113 Å². The molecule has 0 atom stereocenters. The molecule has 0 aliphatic heterocycles. The highest BCUT2D eigenvalue weighted by Crippen LogP contribution is 2.16. The molecule has 2 aromatic heterocycles. The van der Waals surface area contributed by atoms with Gasteiger partial charge < -0.3 is 5.32 Å². The van der Waals surface area contributed by atoms with E-state index in [-0.39, 0.29) is 5.95 Å². The Morgan fingerprint density at radius 3 is 3.05 bits per heavy atom. The zero-order chi connectivity index (χ0) is 13.2. The number of anilines is 2. The van der Waals surface area contributed by atoms with Gasteiger partial charge in [0.15, 0.2) is 0 Å². The Morgan fingerprint density at radius 1 is 1.37 bits per heavy atom. The van der Waals surface area contributed by atoms with Gasteiger partial charge in [-0.1, -0.05) is 5.21 Å². The first kappa shape index (κ1) is 11.1. The summed E-state index contributed by atoms with van der Waals surface area (Å²) in [5, 5.41) is 19.2. The number of fused-ring (bicyclic) bond motifs is 1. The summed E-state index contributed by atoms with van der Waals surface area (Å²) in [6, 6.07) is 4.92. The molecule has 0 unspecified atom stereocenters. The van der Waals surface area contributed by atoms with Gasteiger partial charge in [-0.05, 0) is 18.2 Å². The molecule has 3 aromatic rings. The molecular weight excluding hydrogens is 248 g/mol. The first-order chi connectivity index (χ1) is 9.22. The van der Waals surface area contributed by atoms with Crippen LogP contribution in [0.2, 0.25) is 0 Å². The van der Waals surface area contributed by atoms with Crippen LogP contribution in [-0.2, 0) is 7.05 Å². The van der Waals surface area contributed by atoms with Crippen molar-refractivity contribution >= 4 is 28.7 Å². The predicted octanol–water partition coefficient (Wildman–Crippen LogP) is 0.730. The fourth-order valence-corrected chi connectivity index (χ4v) is 1.65. The van der Waals surface area contributed by atoms with Crippen molar-refractivity contribution in [3.05, 3.63) is 24.5 Å². The van der Waals surface area contributed by atoms with Gasteiger partial charge in [-0.2, -0.15) is 10.1 Å². The van der Waals surface area contributed by atoms with E-state index >= 15 is 0 Å². The number of aromatic amines is 1. The lowest BCUT2D eigenvalue weighted by Crippen LogP contribution is -2.20. The lowest BCUT2D eigenvalue weighted by atomic mass is 10.3. The summed E-state index contributed by atoms with van der Waals surface area (Å²) in [5.41, 5.74) is 2.21. The molecule has 19 heavy (non-hydrogen) atoms. The molecule has 0 saturated heterocycles. The van der Waals surface area contributed by atoms with Gasteiger partial charge in [0, 0.05) is 12.7 Å². The number of nitrogens with one attached hydrogen (secondary N) is 3. The number of hydrogen-bond acceptors (Lipinski definition) is 5. The van der Waals surface area contributed by atoms with E-state index < -0.39 is 6.03 Å². The van der Waals surface area contributed by atoms with Gasteiger partial charge >= 0.3 is 6.03 Å². The lowest BCUT2D eigenvalue weighted by molar-refractivity contribution is 0.262. The fourth-order valence-electron chi connectivity index (χ4n) is 1.65. The van der Waals surface area contributed by atoms with E-state index in [2.05, 4.69) is 36.1 Å². The Kier molecular flexibility index (Phi) is 2.56. The van der Waals surface area contributed by atoms with Gasteiger partial charge in [0.05, 0.1) is 5.52 Å². The predicted molar refractivity (Wildman–Crippen MR) is 67.5 cm³/mol. The third-order valence-electron chi connectivity index (χ3n) is 2.52. The van der Waals surface area contributed by atoms with Gasteiger partial charge in [-0.25, -0.2) is 14.6 Å². The van der Waals surface area contributed by atoms with Gasteiger partial charge in [0.1, 0.15) is 11.8 Å². The average molecular weight is 258 g/mol. The Hall–Kier alpha value is -2.97. The van der Waals surface area contributed by atoms with E-state index in [4.69, 9.17) is 0 Å². The number of carbonyl (C=O) groups excluding carboxylic acids is 1. The molecule has 0 aliphatic carbocycles. The second-order valence-electron chi connectivity index (χ2n) is 3.83. The maximum absolute atomic E-state index is 11.7. The standard InChI is InChI=1S/C10H10N8O/c1-18-8-3-2-6(4-7(8)15-17-18)13-10(19)14-9-11-5-12-16-9/h2-5H,1H3,(H3,11,12,13,14,16,19). The van der Waals surface area contributed by atoms with Crippen LogP contribution in [0.4, 0.5) is 16.4 Å². The molecule has 0 spiro atoms. The minimum Gasteiger partial charge on any atom is -0.308 e. The van der Waals surface area contributed by atoms with Crippen molar-refractivity contribution in [1.29, 1.82) is 0 Å². The third kappa shape index (κ3) is 2.20. The zero-order valence-electron chi connectivity index (χ0n) is 9.95. The number of aryl methyl sites for hydroxylation is 1. The average Bonchev–Trinajstić information content (AvgIpc) is 3.00. The van der Waals surface area contributed by atoms with Crippen LogP contribution in [0.3, 0.4) is 0 Å².